The standard InChI is InChI=1S/C13H18ClN3O/c1-13(2)4-3-5-17(8-13)12(18)9-6-11(15)16-7-10(9)14/h6-7H,3-5,8H2,1-2H3,(H2,15,16). The van der Waals surface area contributed by atoms with Crippen LogP contribution in [0.15, 0.2) is 12.3 Å². The number of hydrogen-bond donors (Lipinski definition) is 1. The summed E-state index contributed by atoms with van der Waals surface area (Å²) in [6, 6.07) is 1.55. The second-order valence-corrected chi connectivity index (χ2v) is 5.99. The largest absolute Gasteiger partial charge is 0.384 e. The summed E-state index contributed by atoms with van der Waals surface area (Å²) in [5.41, 5.74) is 6.22. The third-order valence-electron chi connectivity index (χ3n) is 3.29. The van der Waals surface area contributed by atoms with Gasteiger partial charge in [-0.1, -0.05) is 25.4 Å². The van der Waals surface area contributed by atoms with Gasteiger partial charge in [0.05, 0.1) is 10.6 Å². The lowest BCUT2D eigenvalue weighted by atomic mass is 9.84. The first-order valence-electron chi connectivity index (χ1n) is 6.09. The topological polar surface area (TPSA) is 59.2 Å². The van der Waals surface area contributed by atoms with Gasteiger partial charge in [0.1, 0.15) is 5.82 Å². The maximum Gasteiger partial charge on any atom is 0.255 e. The third-order valence-corrected chi connectivity index (χ3v) is 3.60. The van der Waals surface area contributed by atoms with E-state index in [1.54, 1.807) is 6.07 Å². The maximum absolute atomic E-state index is 12.4. The first-order valence-corrected chi connectivity index (χ1v) is 6.47. The van der Waals surface area contributed by atoms with E-state index < -0.39 is 0 Å². The molecule has 1 saturated heterocycles. The van der Waals surface area contributed by atoms with Crippen LogP contribution >= 0.6 is 11.6 Å². The highest BCUT2D eigenvalue weighted by Gasteiger charge is 2.30. The van der Waals surface area contributed by atoms with Crippen molar-refractivity contribution in [2.75, 3.05) is 18.8 Å². The molecule has 18 heavy (non-hydrogen) atoms. The van der Waals surface area contributed by atoms with Crippen LogP contribution in [0, 0.1) is 5.41 Å². The summed E-state index contributed by atoms with van der Waals surface area (Å²) in [4.78, 5) is 18.1. The monoisotopic (exact) mass is 267 g/mol. The van der Waals surface area contributed by atoms with Crippen molar-refractivity contribution >= 4 is 23.3 Å². The first-order chi connectivity index (χ1) is 8.39. The molecule has 1 fully saturated rings. The highest BCUT2D eigenvalue weighted by Crippen LogP contribution is 2.30. The van der Waals surface area contributed by atoms with Gasteiger partial charge in [-0.05, 0) is 24.3 Å². The number of nitrogens with two attached hydrogens (primary N) is 1. The van der Waals surface area contributed by atoms with E-state index in [1.165, 1.54) is 6.20 Å². The van der Waals surface area contributed by atoms with Crippen LogP contribution < -0.4 is 5.73 Å². The minimum atomic E-state index is -0.0538. The number of nitrogen functional groups attached to an aromatic ring is 1. The maximum atomic E-state index is 12.4. The van der Waals surface area contributed by atoms with Crippen LogP contribution in [0.3, 0.4) is 0 Å². The van der Waals surface area contributed by atoms with Crippen molar-refractivity contribution in [3.05, 3.63) is 22.8 Å². The molecule has 1 aromatic heterocycles. The van der Waals surface area contributed by atoms with Gasteiger partial charge in [-0.25, -0.2) is 4.98 Å². The van der Waals surface area contributed by atoms with Crippen molar-refractivity contribution in [1.82, 2.24) is 9.88 Å². The second kappa shape index (κ2) is 4.76. The number of aromatic nitrogens is 1. The fourth-order valence-electron chi connectivity index (χ4n) is 2.39. The number of nitrogens with zero attached hydrogens (tertiary/aromatic N) is 2. The van der Waals surface area contributed by atoms with Crippen LogP contribution in [0.5, 0.6) is 0 Å². The van der Waals surface area contributed by atoms with Crippen molar-refractivity contribution in [1.29, 1.82) is 0 Å². The predicted molar refractivity (Wildman–Crippen MR) is 72.6 cm³/mol. The molecular formula is C13H18ClN3O. The Hall–Kier alpha value is -1.29. The molecule has 1 amide bonds. The van der Waals surface area contributed by atoms with Gasteiger partial charge >= 0.3 is 0 Å². The van der Waals surface area contributed by atoms with Crippen molar-refractivity contribution in [3.63, 3.8) is 0 Å². The highest BCUT2D eigenvalue weighted by molar-refractivity contribution is 6.33. The summed E-state index contributed by atoms with van der Waals surface area (Å²) in [6.07, 6.45) is 3.60. The average molecular weight is 268 g/mol. The minimum Gasteiger partial charge on any atom is -0.384 e. The molecule has 0 unspecified atom stereocenters. The molecule has 0 bridgehead atoms. The number of pyridine rings is 1. The predicted octanol–water partition coefficient (Wildman–Crippen LogP) is 2.58. The zero-order valence-corrected chi connectivity index (χ0v) is 11.5. The molecule has 0 aromatic carbocycles. The summed E-state index contributed by atoms with van der Waals surface area (Å²) >= 11 is 6.02. The first kappa shape index (κ1) is 13.1. The number of halogens is 1. The number of anilines is 1. The van der Waals surface area contributed by atoms with Gasteiger partial charge in [0.25, 0.3) is 5.91 Å². The minimum absolute atomic E-state index is 0.0538. The number of likely N-dealkylation sites (tertiary alicyclic amines) is 1. The summed E-state index contributed by atoms with van der Waals surface area (Å²) in [7, 11) is 0. The van der Waals surface area contributed by atoms with Gasteiger partial charge in [-0.3, -0.25) is 4.79 Å². The van der Waals surface area contributed by atoms with Gasteiger partial charge in [-0.2, -0.15) is 0 Å². The highest BCUT2D eigenvalue weighted by atomic mass is 35.5. The zero-order valence-electron chi connectivity index (χ0n) is 10.7. The smallest absolute Gasteiger partial charge is 0.255 e. The number of amides is 1. The molecule has 4 nitrogen and oxygen atoms in total. The van der Waals surface area contributed by atoms with E-state index in [1.807, 2.05) is 4.90 Å². The molecule has 1 aliphatic rings. The molecule has 1 aliphatic heterocycles. The number of carbonyl (C=O) groups is 1. The lowest BCUT2D eigenvalue weighted by molar-refractivity contribution is 0.0583. The fraction of sp³-hybridized carbons (Fsp3) is 0.538. The van der Waals surface area contributed by atoms with Crippen LogP contribution in [0.2, 0.25) is 5.02 Å². The number of rotatable bonds is 1. The Balaban J connectivity index is 2.23. The molecular weight excluding hydrogens is 250 g/mol. The van der Waals surface area contributed by atoms with E-state index in [4.69, 9.17) is 17.3 Å². The van der Waals surface area contributed by atoms with Gasteiger partial charge in [0.2, 0.25) is 0 Å². The zero-order chi connectivity index (χ0) is 13.3. The van der Waals surface area contributed by atoms with Gasteiger partial charge in [0, 0.05) is 19.3 Å². The molecule has 0 aliphatic carbocycles. The Morgan fingerprint density at radius 3 is 2.94 bits per heavy atom. The van der Waals surface area contributed by atoms with E-state index >= 15 is 0 Å². The van der Waals surface area contributed by atoms with Crippen LogP contribution in [0.4, 0.5) is 5.82 Å². The fourth-order valence-corrected chi connectivity index (χ4v) is 2.57. The Morgan fingerprint density at radius 1 is 1.56 bits per heavy atom. The quantitative estimate of drug-likeness (QED) is 0.851. The molecule has 0 radical (unpaired) electrons. The molecule has 2 rings (SSSR count). The molecule has 98 valence electrons. The number of carbonyl (C=O) groups excluding carboxylic acids is 1. The molecule has 0 saturated carbocycles. The average Bonchev–Trinajstić information content (AvgIpc) is 2.30. The lowest BCUT2D eigenvalue weighted by Gasteiger charge is -2.38. The summed E-state index contributed by atoms with van der Waals surface area (Å²) < 4.78 is 0. The SMILES string of the molecule is CC1(C)CCCN(C(=O)c2cc(N)ncc2Cl)C1. The number of piperidine rings is 1. The van der Waals surface area contributed by atoms with E-state index in [2.05, 4.69) is 18.8 Å². The molecule has 5 heteroatoms. The van der Waals surface area contributed by atoms with Gasteiger partial charge < -0.3 is 10.6 Å². The molecule has 2 N–H and O–H groups in total. The van der Waals surface area contributed by atoms with Crippen LogP contribution in [0.1, 0.15) is 37.0 Å². The van der Waals surface area contributed by atoms with Crippen molar-refractivity contribution in [2.24, 2.45) is 5.41 Å². The summed E-state index contributed by atoms with van der Waals surface area (Å²) in [5, 5.41) is 0.359. The van der Waals surface area contributed by atoms with Crippen molar-refractivity contribution in [3.8, 4) is 0 Å². The molecule has 1 aromatic rings. The Bertz CT molecular complexity index is 473. The normalized spacial score (nSPS) is 18.7. The summed E-state index contributed by atoms with van der Waals surface area (Å²) in [5.74, 6) is 0.265. The Kier molecular flexibility index (Phi) is 3.48. The van der Waals surface area contributed by atoms with Crippen LogP contribution in [0.25, 0.3) is 0 Å². The van der Waals surface area contributed by atoms with Crippen molar-refractivity contribution < 1.29 is 4.79 Å². The van der Waals surface area contributed by atoms with E-state index in [0.717, 1.165) is 25.9 Å². The Labute approximate surface area is 112 Å². The number of hydrogen-bond acceptors (Lipinski definition) is 3. The Morgan fingerprint density at radius 2 is 2.28 bits per heavy atom. The van der Waals surface area contributed by atoms with Crippen molar-refractivity contribution in [2.45, 2.75) is 26.7 Å². The lowest BCUT2D eigenvalue weighted by Crippen LogP contribution is -2.43. The van der Waals surface area contributed by atoms with E-state index in [9.17, 15) is 4.79 Å². The van der Waals surface area contributed by atoms with Gasteiger partial charge in [-0.15, -0.1) is 0 Å². The third kappa shape index (κ3) is 2.75. The molecule has 0 atom stereocenters. The van der Waals surface area contributed by atoms with Crippen LogP contribution in [-0.4, -0.2) is 28.9 Å². The van der Waals surface area contributed by atoms with Gasteiger partial charge in [0.15, 0.2) is 0 Å². The second-order valence-electron chi connectivity index (χ2n) is 5.58. The summed E-state index contributed by atoms with van der Waals surface area (Å²) in [6.45, 7) is 5.88. The molecule has 0 spiro atoms. The van der Waals surface area contributed by atoms with E-state index in [-0.39, 0.29) is 11.3 Å². The van der Waals surface area contributed by atoms with E-state index in [0.29, 0.717) is 16.4 Å². The van der Waals surface area contributed by atoms with Crippen LogP contribution in [-0.2, 0) is 0 Å². The molecule has 2 heterocycles.